The summed E-state index contributed by atoms with van der Waals surface area (Å²) in [6.07, 6.45) is 2.72. The normalized spacial score (nSPS) is 10.3. The van der Waals surface area contributed by atoms with E-state index in [1.54, 1.807) is 26.5 Å². The van der Waals surface area contributed by atoms with E-state index in [2.05, 4.69) is 39.7 Å². The number of hydrogen-bond donors (Lipinski definition) is 2. The smallest absolute Gasteiger partial charge is 0.229 e. The third kappa shape index (κ3) is 4.22. The molecular formula is C20H22N4O2. The second-order valence-corrected chi connectivity index (χ2v) is 5.63. The summed E-state index contributed by atoms with van der Waals surface area (Å²) in [7, 11) is 3.23. The van der Waals surface area contributed by atoms with E-state index >= 15 is 0 Å². The van der Waals surface area contributed by atoms with Crippen molar-refractivity contribution in [3.05, 3.63) is 60.3 Å². The number of methoxy groups -OCH3 is 2. The average molecular weight is 350 g/mol. The lowest BCUT2D eigenvalue weighted by Crippen LogP contribution is -2.02. The first-order valence-corrected chi connectivity index (χ1v) is 8.40. The van der Waals surface area contributed by atoms with Gasteiger partial charge < -0.3 is 20.1 Å². The van der Waals surface area contributed by atoms with Gasteiger partial charge in [-0.2, -0.15) is 4.98 Å². The van der Waals surface area contributed by atoms with Crippen LogP contribution in [-0.2, 0) is 6.42 Å². The third-order valence-electron chi connectivity index (χ3n) is 3.95. The van der Waals surface area contributed by atoms with Crippen molar-refractivity contribution in [1.29, 1.82) is 0 Å². The Balaban J connectivity index is 1.76. The van der Waals surface area contributed by atoms with Crippen LogP contribution in [0.1, 0.15) is 12.5 Å². The summed E-state index contributed by atoms with van der Waals surface area (Å²) in [5, 5.41) is 6.46. The van der Waals surface area contributed by atoms with E-state index in [4.69, 9.17) is 9.47 Å². The number of nitrogens with one attached hydrogen (secondary N) is 2. The summed E-state index contributed by atoms with van der Waals surface area (Å²) in [5.74, 6) is 2.56. The second kappa shape index (κ2) is 8.20. The van der Waals surface area contributed by atoms with Gasteiger partial charge in [0.15, 0.2) is 0 Å². The molecule has 0 unspecified atom stereocenters. The Bertz CT molecular complexity index is 866. The quantitative estimate of drug-likeness (QED) is 0.652. The van der Waals surface area contributed by atoms with Gasteiger partial charge in [-0.25, -0.2) is 4.98 Å². The Morgan fingerprint density at radius 3 is 2.42 bits per heavy atom. The summed E-state index contributed by atoms with van der Waals surface area (Å²) in [6.45, 7) is 2.14. The molecule has 0 amide bonds. The molecule has 0 saturated heterocycles. The fourth-order valence-electron chi connectivity index (χ4n) is 2.48. The van der Waals surface area contributed by atoms with Crippen LogP contribution in [0.2, 0.25) is 0 Å². The van der Waals surface area contributed by atoms with E-state index in [1.165, 1.54) is 5.56 Å². The highest BCUT2D eigenvalue weighted by atomic mass is 16.5. The molecule has 0 aliphatic carbocycles. The van der Waals surface area contributed by atoms with Crippen LogP contribution in [0.4, 0.5) is 23.1 Å². The zero-order valence-corrected chi connectivity index (χ0v) is 15.1. The second-order valence-electron chi connectivity index (χ2n) is 5.63. The fraction of sp³-hybridized carbons (Fsp3) is 0.200. The van der Waals surface area contributed by atoms with E-state index in [0.717, 1.165) is 23.5 Å². The number of rotatable bonds is 7. The zero-order valence-electron chi connectivity index (χ0n) is 15.1. The maximum atomic E-state index is 5.39. The Morgan fingerprint density at radius 2 is 1.73 bits per heavy atom. The molecule has 1 heterocycles. The van der Waals surface area contributed by atoms with Crippen LogP contribution >= 0.6 is 0 Å². The lowest BCUT2D eigenvalue weighted by Gasteiger charge is -2.12. The molecule has 0 aliphatic rings. The molecule has 2 aromatic carbocycles. The fourth-order valence-corrected chi connectivity index (χ4v) is 2.48. The first kappa shape index (κ1) is 17.5. The lowest BCUT2D eigenvalue weighted by atomic mass is 10.1. The molecular weight excluding hydrogens is 328 g/mol. The number of aryl methyl sites for hydroxylation is 1. The van der Waals surface area contributed by atoms with Gasteiger partial charge in [0.05, 0.1) is 19.9 Å². The average Bonchev–Trinajstić information content (AvgIpc) is 2.69. The number of hydrogen-bond acceptors (Lipinski definition) is 6. The van der Waals surface area contributed by atoms with Crippen molar-refractivity contribution < 1.29 is 9.47 Å². The highest BCUT2D eigenvalue weighted by molar-refractivity contribution is 5.65. The van der Waals surface area contributed by atoms with Crippen LogP contribution in [0.3, 0.4) is 0 Å². The Labute approximate surface area is 153 Å². The number of ether oxygens (including phenoxy) is 2. The standard InChI is InChI=1S/C20H22N4O2/c1-4-14-5-7-15(8-6-14)22-19-11-12-21-20(24-19)23-17-10-9-16(25-2)13-18(17)26-3/h5-13H,4H2,1-3H3,(H2,21,22,23,24). The summed E-state index contributed by atoms with van der Waals surface area (Å²) in [5.41, 5.74) is 3.04. The van der Waals surface area contributed by atoms with Gasteiger partial charge in [-0.3, -0.25) is 0 Å². The molecule has 0 bridgehead atoms. The zero-order chi connectivity index (χ0) is 18.4. The van der Waals surface area contributed by atoms with E-state index in [9.17, 15) is 0 Å². The number of benzene rings is 2. The first-order valence-electron chi connectivity index (χ1n) is 8.40. The summed E-state index contributed by atoms with van der Waals surface area (Å²) in [4.78, 5) is 8.78. The third-order valence-corrected chi connectivity index (χ3v) is 3.95. The van der Waals surface area contributed by atoms with Gasteiger partial charge in [0.1, 0.15) is 17.3 Å². The molecule has 0 saturated carbocycles. The van der Waals surface area contributed by atoms with E-state index in [0.29, 0.717) is 17.5 Å². The van der Waals surface area contributed by atoms with Gasteiger partial charge >= 0.3 is 0 Å². The van der Waals surface area contributed by atoms with E-state index < -0.39 is 0 Å². The van der Waals surface area contributed by atoms with Crippen molar-refractivity contribution >= 4 is 23.1 Å². The molecule has 6 heteroatoms. The Morgan fingerprint density at radius 1 is 0.923 bits per heavy atom. The maximum Gasteiger partial charge on any atom is 0.229 e. The molecule has 2 N–H and O–H groups in total. The van der Waals surface area contributed by atoms with E-state index in [1.807, 2.05) is 30.3 Å². The number of nitrogens with zero attached hydrogens (tertiary/aromatic N) is 2. The van der Waals surface area contributed by atoms with Gasteiger partial charge in [-0.05, 0) is 42.3 Å². The summed E-state index contributed by atoms with van der Waals surface area (Å²) >= 11 is 0. The topological polar surface area (TPSA) is 68.3 Å². The molecule has 0 fully saturated rings. The van der Waals surface area contributed by atoms with Crippen LogP contribution in [-0.4, -0.2) is 24.2 Å². The molecule has 6 nitrogen and oxygen atoms in total. The van der Waals surface area contributed by atoms with Gasteiger partial charge in [0, 0.05) is 18.0 Å². The molecule has 134 valence electrons. The predicted octanol–water partition coefficient (Wildman–Crippen LogP) is 4.54. The number of aromatic nitrogens is 2. The van der Waals surface area contributed by atoms with Gasteiger partial charge in [0.25, 0.3) is 0 Å². The van der Waals surface area contributed by atoms with Crippen LogP contribution in [0, 0.1) is 0 Å². The van der Waals surface area contributed by atoms with Crippen molar-refractivity contribution in [3.63, 3.8) is 0 Å². The number of anilines is 4. The molecule has 3 rings (SSSR count). The minimum absolute atomic E-state index is 0.476. The highest BCUT2D eigenvalue weighted by Gasteiger charge is 2.07. The maximum absolute atomic E-state index is 5.39. The van der Waals surface area contributed by atoms with Crippen LogP contribution in [0.5, 0.6) is 11.5 Å². The molecule has 0 atom stereocenters. The van der Waals surface area contributed by atoms with Crippen LogP contribution < -0.4 is 20.1 Å². The van der Waals surface area contributed by atoms with Crippen molar-refractivity contribution in [2.24, 2.45) is 0 Å². The monoisotopic (exact) mass is 350 g/mol. The largest absolute Gasteiger partial charge is 0.497 e. The molecule has 26 heavy (non-hydrogen) atoms. The van der Waals surface area contributed by atoms with Crippen LogP contribution in [0.25, 0.3) is 0 Å². The predicted molar refractivity (Wildman–Crippen MR) is 104 cm³/mol. The minimum atomic E-state index is 0.476. The Kier molecular flexibility index (Phi) is 5.53. The van der Waals surface area contributed by atoms with Crippen molar-refractivity contribution in [1.82, 2.24) is 9.97 Å². The highest BCUT2D eigenvalue weighted by Crippen LogP contribution is 2.30. The van der Waals surface area contributed by atoms with Crippen molar-refractivity contribution in [2.45, 2.75) is 13.3 Å². The summed E-state index contributed by atoms with van der Waals surface area (Å²) in [6, 6.07) is 15.6. The first-order chi connectivity index (χ1) is 12.7. The van der Waals surface area contributed by atoms with Gasteiger partial charge in [-0.1, -0.05) is 19.1 Å². The lowest BCUT2D eigenvalue weighted by molar-refractivity contribution is 0.395. The SMILES string of the molecule is CCc1ccc(Nc2ccnc(Nc3ccc(OC)cc3OC)n2)cc1. The van der Waals surface area contributed by atoms with Crippen molar-refractivity contribution in [3.8, 4) is 11.5 Å². The van der Waals surface area contributed by atoms with Gasteiger partial charge in [0.2, 0.25) is 5.95 Å². The Hall–Kier alpha value is -3.28. The minimum Gasteiger partial charge on any atom is -0.497 e. The van der Waals surface area contributed by atoms with Crippen molar-refractivity contribution in [2.75, 3.05) is 24.9 Å². The van der Waals surface area contributed by atoms with Crippen LogP contribution in [0.15, 0.2) is 54.7 Å². The molecule has 1 aromatic heterocycles. The molecule has 0 aliphatic heterocycles. The molecule has 0 spiro atoms. The van der Waals surface area contributed by atoms with E-state index in [-0.39, 0.29) is 0 Å². The molecule has 3 aromatic rings. The summed E-state index contributed by atoms with van der Waals surface area (Å²) < 4.78 is 10.6. The van der Waals surface area contributed by atoms with Gasteiger partial charge in [-0.15, -0.1) is 0 Å². The molecule has 0 radical (unpaired) electrons.